The highest BCUT2D eigenvalue weighted by Crippen LogP contribution is 2.11. The molecule has 0 atom stereocenters. The molecular formula is C11H17N5O. The normalized spacial score (nSPS) is 11.0. The van der Waals surface area contributed by atoms with Crippen molar-refractivity contribution in [1.29, 1.82) is 0 Å². The second-order valence-corrected chi connectivity index (χ2v) is 4.06. The summed E-state index contributed by atoms with van der Waals surface area (Å²) >= 11 is 0. The summed E-state index contributed by atoms with van der Waals surface area (Å²) in [6.07, 6.45) is 2.54. The zero-order valence-corrected chi connectivity index (χ0v) is 10.4. The smallest absolute Gasteiger partial charge is 0.151 e. The second-order valence-electron chi connectivity index (χ2n) is 4.06. The molecule has 0 bridgehead atoms. The zero-order valence-electron chi connectivity index (χ0n) is 10.4. The number of nitrogens with zero attached hydrogens (tertiary/aromatic N) is 4. The SMILES string of the molecule is Cc1noc(C)c1CNCCc1ncn(C)n1. The van der Waals surface area contributed by atoms with Crippen LogP contribution in [0.2, 0.25) is 0 Å². The molecule has 0 spiro atoms. The third-order valence-electron chi connectivity index (χ3n) is 2.66. The van der Waals surface area contributed by atoms with Crippen molar-refractivity contribution in [3.8, 4) is 0 Å². The monoisotopic (exact) mass is 235 g/mol. The topological polar surface area (TPSA) is 68.8 Å². The minimum Gasteiger partial charge on any atom is -0.361 e. The molecule has 6 nitrogen and oxygen atoms in total. The van der Waals surface area contributed by atoms with Gasteiger partial charge in [-0.05, 0) is 13.8 Å². The van der Waals surface area contributed by atoms with E-state index in [4.69, 9.17) is 4.52 Å². The van der Waals surface area contributed by atoms with Gasteiger partial charge >= 0.3 is 0 Å². The maximum atomic E-state index is 5.10. The standard InChI is InChI=1S/C11H17N5O/c1-8-10(9(2)17-15-8)6-12-5-4-11-13-7-16(3)14-11/h7,12H,4-6H2,1-3H3. The van der Waals surface area contributed by atoms with Crippen molar-refractivity contribution in [3.05, 3.63) is 29.2 Å². The lowest BCUT2D eigenvalue weighted by molar-refractivity contribution is 0.392. The zero-order chi connectivity index (χ0) is 12.3. The molecule has 0 amide bonds. The van der Waals surface area contributed by atoms with Crippen LogP contribution in [0.1, 0.15) is 22.8 Å². The summed E-state index contributed by atoms with van der Waals surface area (Å²) in [6, 6.07) is 0. The lowest BCUT2D eigenvalue weighted by Gasteiger charge is -2.02. The number of hydrogen-bond acceptors (Lipinski definition) is 5. The molecule has 0 aliphatic heterocycles. The van der Waals surface area contributed by atoms with Crippen LogP contribution in [0, 0.1) is 13.8 Å². The van der Waals surface area contributed by atoms with E-state index in [1.807, 2.05) is 20.9 Å². The molecule has 1 N–H and O–H groups in total. The van der Waals surface area contributed by atoms with E-state index in [-0.39, 0.29) is 0 Å². The van der Waals surface area contributed by atoms with Gasteiger partial charge in [0.2, 0.25) is 0 Å². The predicted octanol–water partition coefficient (Wildman–Crippen LogP) is 0.752. The lowest BCUT2D eigenvalue weighted by atomic mass is 10.2. The largest absolute Gasteiger partial charge is 0.361 e. The first-order chi connectivity index (χ1) is 8.16. The third kappa shape index (κ3) is 2.91. The lowest BCUT2D eigenvalue weighted by Crippen LogP contribution is -2.18. The summed E-state index contributed by atoms with van der Waals surface area (Å²) < 4.78 is 6.81. The van der Waals surface area contributed by atoms with Gasteiger partial charge in [0.25, 0.3) is 0 Å². The molecule has 92 valence electrons. The Morgan fingerprint density at radius 2 is 2.24 bits per heavy atom. The second kappa shape index (κ2) is 5.09. The molecule has 17 heavy (non-hydrogen) atoms. The molecule has 0 fully saturated rings. The number of rotatable bonds is 5. The van der Waals surface area contributed by atoms with Gasteiger partial charge in [-0.3, -0.25) is 4.68 Å². The first kappa shape index (κ1) is 11.8. The van der Waals surface area contributed by atoms with Gasteiger partial charge in [-0.2, -0.15) is 5.10 Å². The Kier molecular flexibility index (Phi) is 3.53. The van der Waals surface area contributed by atoms with Crippen molar-refractivity contribution < 1.29 is 4.52 Å². The Hall–Kier alpha value is -1.69. The molecule has 0 aromatic carbocycles. The Bertz CT molecular complexity index is 468. The fraction of sp³-hybridized carbons (Fsp3) is 0.545. The molecule has 0 saturated carbocycles. The van der Waals surface area contributed by atoms with Gasteiger partial charge in [-0.25, -0.2) is 4.98 Å². The molecule has 6 heteroatoms. The molecule has 2 heterocycles. The number of nitrogens with one attached hydrogen (secondary N) is 1. The Balaban J connectivity index is 1.77. The van der Waals surface area contributed by atoms with Crippen molar-refractivity contribution in [2.45, 2.75) is 26.8 Å². The van der Waals surface area contributed by atoms with E-state index in [1.165, 1.54) is 0 Å². The Morgan fingerprint density at radius 1 is 1.41 bits per heavy atom. The maximum Gasteiger partial charge on any atom is 0.151 e. The quantitative estimate of drug-likeness (QED) is 0.775. The minimum atomic E-state index is 0.772. The Labute approximate surface area is 100 Å². The predicted molar refractivity (Wildman–Crippen MR) is 62.4 cm³/mol. The molecule has 2 aromatic heterocycles. The van der Waals surface area contributed by atoms with E-state index < -0.39 is 0 Å². The number of aryl methyl sites for hydroxylation is 3. The van der Waals surface area contributed by atoms with Crippen LogP contribution in [0.15, 0.2) is 10.9 Å². The summed E-state index contributed by atoms with van der Waals surface area (Å²) in [7, 11) is 1.87. The molecule has 0 saturated heterocycles. The highest BCUT2D eigenvalue weighted by molar-refractivity contribution is 5.20. The highest BCUT2D eigenvalue weighted by Gasteiger charge is 2.07. The van der Waals surface area contributed by atoms with Crippen LogP contribution in [0.4, 0.5) is 0 Å². The van der Waals surface area contributed by atoms with Crippen LogP contribution < -0.4 is 5.32 Å². The van der Waals surface area contributed by atoms with Crippen LogP contribution in [0.5, 0.6) is 0 Å². The summed E-state index contributed by atoms with van der Waals surface area (Å²) in [5, 5.41) is 11.5. The minimum absolute atomic E-state index is 0.772. The summed E-state index contributed by atoms with van der Waals surface area (Å²) in [4.78, 5) is 4.17. The van der Waals surface area contributed by atoms with Crippen LogP contribution in [-0.4, -0.2) is 26.5 Å². The van der Waals surface area contributed by atoms with Gasteiger partial charge < -0.3 is 9.84 Å². The van der Waals surface area contributed by atoms with Gasteiger partial charge in [-0.1, -0.05) is 5.16 Å². The average Bonchev–Trinajstić information content (AvgIpc) is 2.83. The van der Waals surface area contributed by atoms with E-state index in [0.29, 0.717) is 0 Å². The van der Waals surface area contributed by atoms with E-state index in [0.717, 1.165) is 42.4 Å². The van der Waals surface area contributed by atoms with Crippen LogP contribution in [0.25, 0.3) is 0 Å². The summed E-state index contributed by atoms with van der Waals surface area (Å²) in [5.74, 6) is 1.74. The summed E-state index contributed by atoms with van der Waals surface area (Å²) in [6.45, 7) is 5.49. The van der Waals surface area contributed by atoms with Gasteiger partial charge in [0.1, 0.15) is 12.1 Å². The van der Waals surface area contributed by atoms with Crippen molar-refractivity contribution >= 4 is 0 Å². The number of hydrogen-bond donors (Lipinski definition) is 1. The first-order valence-electron chi connectivity index (χ1n) is 5.64. The van der Waals surface area contributed by atoms with E-state index in [1.54, 1.807) is 11.0 Å². The average molecular weight is 235 g/mol. The van der Waals surface area contributed by atoms with E-state index in [2.05, 4.69) is 20.6 Å². The van der Waals surface area contributed by atoms with Crippen molar-refractivity contribution in [2.75, 3.05) is 6.54 Å². The molecule has 0 aliphatic rings. The van der Waals surface area contributed by atoms with Gasteiger partial charge in [-0.15, -0.1) is 0 Å². The Morgan fingerprint density at radius 3 is 2.82 bits per heavy atom. The van der Waals surface area contributed by atoms with Crippen LogP contribution in [0.3, 0.4) is 0 Å². The van der Waals surface area contributed by atoms with Crippen LogP contribution >= 0.6 is 0 Å². The fourth-order valence-corrected chi connectivity index (χ4v) is 1.67. The molecule has 2 aromatic rings. The first-order valence-corrected chi connectivity index (χ1v) is 5.64. The van der Waals surface area contributed by atoms with Crippen molar-refractivity contribution in [3.63, 3.8) is 0 Å². The van der Waals surface area contributed by atoms with Gasteiger partial charge in [0.05, 0.1) is 5.69 Å². The molecule has 0 radical (unpaired) electrons. The maximum absolute atomic E-state index is 5.10. The van der Waals surface area contributed by atoms with Crippen LogP contribution in [-0.2, 0) is 20.0 Å². The van der Waals surface area contributed by atoms with E-state index in [9.17, 15) is 0 Å². The van der Waals surface area contributed by atoms with Crippen molar-refractivity contribution in [2.24, 2.45) is 7.05 Å². The molecule has 2 rings (SSSR count). The molecule has 0 unspecified atom stereocenters. The molecule has 0 aliphatic carbocycles. The summed E-state index contributed by atoms with van der Waals surface area (Å²) in [5.41, 5.74) is 2.09. The highest BCUT2D eigenvalue weighted by atomic mass is 16.5. The van der Waals surface area contributed by atoms with E-state index >= 15 is 0 Å². The molecular weight excluding hydrogens is 218 g/mol. The van der Waals surface area contributed by atoms with Gasteiger partial charge in [0, 0.05) is 32.1 Å². The van der Waals surface area contributed by atoms with Gasteiger partial charge in [0.15, 0.2) is 5.82 Å². The third-order valence-corrected chi connectivity index (χ3v) is 2.66. The number of aromatic nitrogens is 4. The van der Waals surface area contributed by atoms with Crippen molar-refractivity contribution in [1.82, 2.24) is 25.2 Å². The fourth-order valence-electron chi connectivity index (χ4n) is 1.67.